The van der Waals surface area contributed by atoms with Gasteiger partial charge in [-0.25, -0.2) is 0 Å². The number of nitrogens with two attached hydrogens (primary N) is 1. The molecule has 0 spiro atoms. The van der Waals surface area contributed by atoms with Crippen molar-refractivity contribution in [1.82, 2.24) is 4.90 Å². The molecule has 20 heavy (non-hydrogen) atoms. The van der Waals surface area contributed by atoms with Crippen LogP contribution >= 0.6 is 0 Å². The van der Waals surface area contributed by atoms with Gasteiger partial charge in [0.25, 0.3) is 0 Å². The number of nitrogens with zero attached hydrogens (tertiary/aromatic N) is 1. The highest BCUT2D eigenvalue weighted by atomic mass is 16.5. The zero-order valence-electron chi connectivity index (χ0n) is 12.8. The van der Waals surface area contributed by atoms with Crippen molar-refractivity contribution in [3.63, 3.8) is 0 Å². The topological polar surface area (TPSA) is 38.5 Å². The molecule has 1 aromatic rings. The van der Waals surface area contributed by atoms with Gasteiger partial charge in [0.15, 0.2) is 0 Å². The molecule has 1 aliphatic heterocycles. The van der Waals surface area contributed by atoms with Crippen molar-refractivity contribution in [2.24, 2.45) is 5.73 Å². The SMILES string of the molecule is CCOc1ccccc1C(CN)C1CCCCN1CC. The molecule has 1 aromatic carbocycles. The van der Waals surface area contributed by atoms with Crippen molar-refractivity contribution in [3.05, 3.63) is 29.8 Å². The predicted octanol–water partition coefficient (Wildman–Crippen LogP) is 3.00. The Morgan fingerprint density at radius 3 is 2.80 bits per heavy atom. The molecule has 3 nitrogen and oxygen atoms in total. The Kier molecular flexibility index (Phi) is 5.86. The lowest BCUT2D eigenvalue weighted by atomic mass is 9.84. The van der Waals surface area contributed by atoms with E-state index in [1.54, 1.807) is 0 Å². The number of hydrogen-bond acceptors (Lipinski definition) is 3. The number of likely N-dealkylation sites (tertiary alicyclic amines) is 1. The third kappa shape index (κ3) is 3.33. The van der Waals surface area contributed by atoms with E-state index in [0.29, 0.717) is 25.1 Å². The van der Waals surface area contributed by atoms with Crippen molar-refractivity contribution in [3.8, 4) is 5.75 Å². The van der Waals surface area contributed by atoms with Gasteiger partial charge in [0.1, 0.15) is 5.75 Å². The van der Waals surface area contributed by atoms with Gasteiger partial charge in [0.05, 0.1) is 6.61 Å². The molecule has 2 rings (SSSR count). The number of piperidine rings is 1. The van der Waals surface area contributed by atoms with Crippen LogP contribution in [0, 0.1) is 0 Å². The third-order valence-corrected chi connectivity index (χ3v) is 4.41. The van der Waals surface area contributed by atoms with E-state index in [-0.39, 0.29) is 0 Å². The summed E-state index contributed by atoms with van der Waals surface area (Å²) in [5.41, 5.74) is 7.42. The minimum Gasteiger partial charge on any atom is -0.494 e. The van der Waals surface area contributed by atoms with Crippen molar-refractivity contribution in [2.45, 2.75) is 45.1 Å². The van der Waals surface area contributed by atoms with E-state index in [1.165, 1.54) is 31.4 Å². The first kappa shape index (κ1) is 15.3. The second-order valence-corrected chi connectivity index (χ2v) is 5.50. The molecule has 1 fully saturated rings. The molecule has 0 bridgehead atoms. The van der Waals surface area contributed by atoms with Gasteiger partial charge >= 0.3 is 0 Å². The maximum Gasteiger partial charge on any atom is 0.122 e. The zero-order valence-corrected chi connectivity index (χ0v) is 12.8. The highest BCUT2D eigenvalue weighted by Crippen LogP contribution is 2.34. The summed E-state index contributed by atoms with van der Waals surface area (Å²) in [5, 5.41) is 0. The standard InChI is InChI=1S/C17H28N2O/c1-3-19-12-8-7-10-16(19)15(13-18)14-9-5-6-11-17(14)20-4-2/h5-6,9,11,15-16H,3-4,7-8,10,12-13,18H2,1-2H3. The molecule has 0 aliphatic carbocycles. The van der Waals surface area contributed by atoms with E-state index in [1.807, 2.05) is 13.0 Å². The van der Waals surface area contributed by atoms with E-state index in [4.69, 9.17) is 10.5 Å². The molecule has 2 N–H and O–H groups in total. The average molecular weight is 276 g/mol. The normalized spacial score (nSPS) is 21.6. The molecule has 1 heterocycles. The third-order valence-electron chi connectivity index (χ3n) is 4.41. The van der Waals surface area contributed by atoms with Gasteiger partial charge in [0, 0.05) is 24.1 Å². The lowest BCUT2D eigenvalue weighted by molar-refractivity contribution is 0.132. The number of para-hydroxylation sites is 1. The second kappa shape index (κ2) is 7.65. The summed E-state index contributed by atoms with van der Waals surface area (Å²) >= 11 is 0. The molecule has 1 aliphatic rings. The maximum absolute atomic E-state index is 6.14. The first-order valence-corrected chi connectivity index (χ1v) is 7.97. The summed E-state index contributed by atoms with van der Waals surface area (Å²) in [6, 6.07) is 8.95. The van der Waals surface area contributed by atoms with E-state index in [9.17, 15) is 0 Å². The Hall–Kier alpha value is -1.06. The fourth-order valence-corrected chi connectivity index (χ4v) is 3.43. The van der Waals surface area contributed by atoms with E-state index in [0.717, 1.165) is 12.3 Å². The van der Waals surface area contributed by atoms with Crippen molar-refractivity contribution in [1.29, 1.82) is 0 Å². The van der Waals surface area contributed by atoms with E-state index in [2.05, 4.69) is 30.0 Å². The fourth-order valence-electron chi connectivity index (χ4n) is 3.43. The number of ether oxygens (including phenoxy) is 1. The van der Waals surface area contributed by atoms with Gasteiger partial charge in [0.2, 0.25) is 0 Å². The lowest BCUT2D eigenvalue weighted by Gasteiger charge is -2.40. The van der Waals surface area contributed by atoms with Crippen LogP contribution in [0.1, 0.15) is 44.6 Å². The molecule has 112 valence electrons. The molecule has 2 unspecified atom stereocenters. The van der Waals surface area contributed by atoms with Crippen LogP contribution in [0.2, 0.25) is 0 Å². The quantitative estimate of drug-likeness (QED) is 0.868. The molecule has 0 saturated carbocycles. The monoisotopic (exact) mass is 276 g/mol. The summed E-state index contributed by atoms with van der Waals surface area (Å²) in [7, 11) is 0. The number of benzene rings is 1. The average Bonchev–Trinajstić information content (AvgIpc) is 2.50. The van der Waals surface area contributed by atoms with Crippen molar-refractivity contribution < 1.29 is 4.74 Å². The van der Waals surface area contributed by atoms with Crippen molar-refractivity contribution in [2.75, 3.05) is 26.2 Å². The van der Waals surface area contributed by atoms with Gasteiger partial charge in [-0.15, -0.1) is 0 Å². The summed E-state index contributed by atoms with van der Waals surface area (Å²) in [6.45, 7) is 7.99. The first-order chi connectivity index (χ1) is 9.81. The second-order valence-electron chi connectivity index (χ2n) is 5.50. The highest BCUT2D eigenvalue weighted by Gasteiger charge is 2.30. The summed E-state index contributed by atoms with van der Waals surface area (Å²) < 4.78 is 5.81. The Morgan fingerprint density at radius 1 is 1.30 bits per heavy atom. The Labute approximate surface area is 123 Å². The molecule has 1 saturated heterocycles. The Bertz CT molecular complexity index is 408. The molecular weight excluding hydrogens is 248 g/mol. The molecule has 0 radical (unpaired) electrons. The van der Waals surface area contributed by atoms with Crippen LogP contribution in [0.25, 0.3) is 0 Å². The minimum absolute atomic E-state index is 0.373. The maximum atomic E-state index is 6.14. The van der Waals surface area contributed by atoms with Gasteiger partial charge in [-0.1, -0.05) is 31.5 Å². The zero-order chi connectivity index (χ0) is 14.4. The Morgan fingerprint density at radius 2 is 2.10 bits per heavy atom. The van der Waals surface area contributed by atoms with Crippen LogP contribution in [0.4, 0.5) is 0 Å². The van der Waals surface area contributed by atoms with E-state index >= 15 is 0 Å². The fraction of sp³-hybridized carbons (Fsp3) is 0.647. The number of likely N-dealkylation sites (N-methyl/N-ethyl adjacent to an activating group) is 1. The highest BCUT2D eigenvalue weighted by molar-refractivity contribution is 5.37. The van der Waals surface area contributed by atoms with Crippen LogP contribution in [0.3, 0.4) is 0 Å². The smallest absolute Gasteiger partial charge is 0.122 e. The molecule has 3 heteroatoms. The largest absolute Gasteiger partial charge is 0.494 e. The minimum atomic E-state index is 0.373. The summed E-state index contributed by atoms with van der Waals surface area (Å²) in [5.74, 6) is 1.38. The molecule has 2 atom stereocenters. The van der Waals surface area contributed by atoms with Gasteiger partial charge in [-0.2, -0.15) is 0 Å². The number of hydrogen-bond donors (Lipinski definition) is 1. The van der Waals surface area contributed by atoms with Crippen LogP contribution in [-0.4, -0.2) is 37.2 Å². The summed E-state index contributed by atoms with van der Waals surface area (Å²) in [4.78, 5) is 2.59. The van der Waals surface area contributed by atoms with Gasteiger partial charge < -0.3 is 15.4 Å². The summed E-state index contributed by atoms with van der Waals surface area (Å²) in [6.07, 6.45) is 3.87. The Balaban J connectivity index is 2.26. The van der Waals surface area contributed by atoms with Gasteiger partial charge in [-0.3, -0.25) is 0 Å². The lowest BCUT2D eigenvalue weighted by Crippen LogP contribution is -2.45. The van der Waals surface area contributed by atoms with Crippen LogP contribution < -0.4 is 10.5 Å². The van der Waals surface area contributed by atoms with Gasteiger partial charge in [-0.05, 0) is 38.9 Å². The van der Waals surface area contributed by atoms with Crippen LogP contribution in [-0.2, 0) is 0 Å². The van der Waals surface area contributed by atoms with Crippen molar-refractivity contribution >= 4 is 0 Å². The van der Waals surface area contributed by atoms with Crippen LogP contribution in [0.5, 0.6) is 5.75 Å². The predicted molar refractivity (Wildman–Crippen MR) is 84.3 cm³/mol. The van der Waals surface area contributed by atoms with E-state index < -0.39 is 0 Å². The molecular formula is C17H28N2O. The molecule has 0 aromatic heterocycles. The first-order valence-electron chi connectivity index (χ1n) is 7.97. The van der Waals surface area contributed by atoms with Crippen LogP contribution in [0.15, 0.2) is 24.3 Å². The number of rotatable bonds is 6. The molecule has 0 amide bonds.